The zero-order valence-corrected chi connectivity index (χ0v) is 12.4. The SMILES string of the molecule is COOO[SiH2]CCCSCC(C)NC(C)=O. The van der Waals surface area contributed by atoms with Crippen LogP contribution in [0.15, 0.2) is 0 Å². The monoisotopic (exact) mass is 267 g/mol. The molecule has 0 aliphatic heterocycles. The third-order valence-corrected chi connectivity index (χ3v) is 4.06. The molecule has 0 rings (SSSR count). The van der Waals surface area contributed by atoms with Gasteiger partial charge in [-0.05, 0) is 25.1 Å². The number of thioether (sulfide) groups is 1. The van der Waals surface area contributed by atoms with Gasteiger partial charge >= 0.3 is 0 Å². The van der Waals surface area contributed by atoms with E-state index in [1.807, 2.05) is 18.7 Å². The summed E-state index contributed by atoms with van der Waals surface area (Å²) in [7, 11) is 0.829. The van der Waals surface area contributed by atoms with Crippen molar-refractivity contribution in [2.45, 2.75) is 32.4 Å². The lowest BCUT2D eigenvalue weighted by molar-refractivity contribution is -0.456. The summed E-state index contributed by atoms with van der Waals surface area (Å²) in [5, 5.41) is 7.18. The third kappa shape index (κ3) is 12.0. The van der Waals surface area contributed by atoms with Gasteiger partial charge in [-0.15, -0.1) is 0 Å². The largest absolute Gasteiger partial charge is 0.353 e. The Balaban J connectivity index is 3.11. The molecule has 0 radical (unpaired) electrons. The molecule has 96 valence electrons. The van der Waals surface area contributed by atoms with Gasteiger partial charge < -0.3 is 5.32 Å². The quantitative estimate of drug-likeness (QED) is 0.272. The summed E-state index contributed by atoms with van der Waals surface area (Å²) in [5.41, 5.74) is 0. The molecule has 0 aliphatic carbocycles. The number of carbonyl (C=O) groups is 1. The molecule has 1 unspecified atom stereocenters. The van der Waals surface area contributed by atoms with Crippen molar-refractivity contribution >= 4 is 27.4 Å². The molecule has 7 heteroatoms. The minimum atomic E-state index is -0.595. The van der Waals surface area contributed by atoms with Gasteiger partial charge in [0.15, 0.2) is 0 Å². The number of carbonyl (C=O) groups excluding carboxylic acids is 1. The van der Waals surface area contributed by atoms with E-state index < -0.39 is 9.76 Å². The second kappa shape index (κ2) is 11.4. The van der Waals surface area contributed by atoms with Crippen LogP contribution < -0.4 is 5.32 Å². The number of hydrogen-bond acceptors (Lipinski definition) is 5. The molecule has 0 aromatic carbocycles. The number of rotatable bonds is 10. The first-order chi connectivity index (χ1) is 7.66. The molecule has 0 aromatic rings. The molecule has 0 bridgehead atoms. The third-order valence-electron chi connectivity index (χ3n) is 1.70. The Labute approximate surface area is 103 Å². The zero-order chi connectivity index (χ0) is 12.2. The summed E-state index contributed by atoms with van der Waals surface area (Å²) >= 11 is 1.85. The van der Waals surface area contributed by atoms with Gasteiger partial charge in [0.2, 0.25) is 15.7 Å². The summed E-state index contributed by atoms with van der Waals surface area (Å²) in [6.07, 6.45) is 1.12. The van der Waals surface area contributed by atoms with E-state index in [-0.39, 0.29) is 11.9 Å². The van der Waals surface area contributed by atoms with Crippen molar-refractivity contribution in [2.75, 3.05) is 18.6 Å². The number of nitrogens with one attached hydrogen (secondary N) is 1. The average Bonchev–Trinajstić information content (AvgIpc) is 2.21. The summed E-state index contributed by atoms with van der Waals surface area (Å²) in [6.45, 7) is 3.55. The Kier molecular flexibility index (Phi) is 11.3. The van der Waals surface area contributed by atoms with Crippen molar-refractivity contribution in [3.63, 3.8) is 0 Å². The Bertz CT molecular complexity index is 185. The van der Waals surface area contributed by atoms with Gasteiger partial charge in [-0.25, -0.2) is 4.89 Å². The van der Waals surface area contributed by atoms with Gasteiger partial charge in [-0.3, -0.25) is 9.37 Å². The molecule has 0 saturated carbocycles. The predicted octanol–water partition coefficient (Wildman–Crippen LogP) is 0.646. The molecular weight excluding hydrogens is 246 g/mol. The number of hydrogen-bond donors (Lipinski definition) is 1. The van der Waals surface area contributed by atoms with Gasteiger partial charge in [0.1, 0.15) is 0 Å². The first-order valence-electron chi connectivity index (χ1n) is 5.34. The second-order valence-electron chi connectivity index (χ2n) is 3.44. The fraction of sp³-hybridized carbons (Fsp3) is 0.889. The van der Waals surface area contributed by atoms with E-state index in [2.05, 4.69) is 15.2 Å². The molecule has 0 aromatic heterocycles. The fourth-order valence-electron chi connectivity index (χ4n) is 1.10. The van der Waals surface area contributed by atoms with Crippen molar-refractivity contribution in [2.24, 2.45) is 0 Å². The maximum atomic E-state index is 10.7. The van der Waals surface area contributed by atoms with Gasteiger partial charge in [0.05, 0.1) is 7.11 Å². The van der Waals surface area contributed by atoms with Crippen LogP contribution in [0.5, 0.6) is 0 Å². The van der Waals surface area contributed by atoms with Crippen LogP contribution >= 0.6 is 11.8 Å². The van der Waals surface area contributed by atoms with Crippen LogP contribution in [0, 0.1) is 0 Å². The van der Waals surface area contributed by atoms with E-state index in [0.717, 1.165) is 24.0 Å². The summed E-state index contributed by atoms with van der Waals surface area (Å²) in [4.78, 5) is 15.0. The minimum absolute atomic E-state index is 0.0330. The van der Waals surface area contributed by atoms with E-state index >= 15 is 0 Å². The maximum Gasteiger partial charge on any atom is 0.217 e. The molecular formula is C9H21NO4SSi. The first-order valence-corrected chi connectivity index (χ1v) is 8.07. The standard InChI is InChI=1S/C9H21NO4SSi/c1-8(10-9(2)11)7-15-5-4-6-16-14-13-12-3/h8H,4-7,16H2,1-3H3,(H,10,11). The molecule has 16 heavy (non-hydrogen) atoms. The molecule has 0 heterocycles. The molecule has 0 fully saturated rings. The van der Waals surface area contributed by atoms with Crippen LogP contribution in [0.4, 0.5) is 0 Å². The van der Waals surface area contributed by atoms with Crippen molar-refractivity contribution in [3.05, 3.63) is 0 Å². The molecule has 1 amide bonds. The Morgan fingerprint density at radius 1 is 1.56 bits per heavy atom. The zero-order valence-electron chi connectivity index (χ0n) is 10.2. The normalized spacial score (nSPS) is 13.2. The van der Waals surface area contributed by atoms with E-state index in [9.17, 15) is 4.79 Å². The van der Waals surface area contributed by atoms with Crippen LogP contribution in [-0.2, 0) is 19.3 Å². The van der Waals surface area contributed by atoms with Crippen LogP contribution in [0.3, 0.4) is 0 Å². The summed E-state index contributed by atoms with van der Waals surface area (Å²) in [6, 6.07) is 1.32. The van der Waals surface area contributed by atoms with Crippen LogP contribution in [0.2, 0.25) is 6.04 Å². The van der Waals surface area contributed by atoms with Gasteiger partial charge in [0.25, 0.3) is 0 Å². The van der Waals surface area contributed by atoms with Crippen LogP contribution in [0.25, 0.3) is 0 Å². The lowest BCUT2D eigenvalue weighted by Gasteiger charge is -2.11. The lowest BCUT2D eigenvalue weighted by Crippen LogP contribution is -2.32. The molecule has 1 atom stereocenters. The topological polar surface area (TPSA) is 56.8 Å². The van der Waals surface area contributed by atoms with Crippen LogP contribution in [0.1, 0.15) is 20.3 Å². The van der Waals surface area contributed by atoms with E-state index in [1.54, 1.807) is 6.92 Å². The lowest BCUT2D eigenvalue weighted by atomic mass is 10.4. The summed E-state index contributed by atoms with van der Waals surface area (Å²) in [5.74, 6) is 2.08. The Morgan fingerprint density at radius 3 is 2.94 bits per heavy atom. The van der Waals surface area contributed by atoms with Crippen molar-refractivity contribution in [1.29, 1.82) is 0 Å². The smallest absolute Gasteiger partial charge is 0.217 e. The molecule has 1 N–H and O–H groups in total. The summed E-state index contributed by atoms with van der Waals surface area (Å²) < 4.78 is 4.81. The molecule has 5 nitrogen and oxygen atoms in total. The second-order valence-corrected chi connectivity index (χ2v) is 5.94. The average molecular weight is 267 g/mol. The molecule has 0 aliphatic rings. The maximum absolute atomic E-state index is 10.7. The highest BCUT2D eigenvalue weighted by Crippen LogP contribution is 2.06. The van der Waals surface area contributed by atoms with Gasteiger partial charge in [-0.2, -0.15) is 11.8 Å². The van der Waals surface area contributed by atoms with Gasteiger partial charge in [0, 0.05) is 18.7 Å². The van der Waals surface area contributed by atoms with Crippen molar-refractivity contribution in [3.8, 4) is 0 Å². The van der Waals surface area contributed by atoms with Crippen molar-refractivity contribution in [1.82, 2.24) is 5.32 Å². The Morgan fingerprint density at radius 2 is 2.31 bits per heavy atom. The first kappa shape index (κ1) is 15.9. The van der Waals surface area contributed by atoms with E-state index in [0.29, 0.717) is 0 Å². The van der Waals surface area contributed by atoms with E-state index in [4.69, 9.17) is 4.58 Å². The molecule has 0 spiro atoms. The highest BCUT2D eigenvalue weighted by molar-refractivity contribution is 7.99. The van der Waals surface area contributed by atoms with E-state index in [1.165, 1.54) is 7.11 Å². The molecule has 0 saturated heterocycles. The number of amides is 1. The highest BCUT2D eigenvalue weighted by atomic mass is 32.2. The predicted molar refractivity (Wildman–Crippen MR) is 67.8 cm³/mol. The van der Waals surface area contributed by atoms with Crippen LogP contribution in [-0.4, -0.2) is 40.3 Å². The van der Waals surface area contributed by atoms with Gasteiger partial charge in [-0.1, -0.05) is 5.04 Å². The Hall–Kier alpha value is -0.0831. The van der Waals surface area contributed by atoms with Crippen molar-refractivity contribution < 1.29 is 19.3 Å². The minimum Gasteiger partial charge on any atom is -0.353 e. The fourth-order valence-corrected chi connectivity index (χ4v) is 3.21. The highest BCUT2D eigenvalue weighted by Gasteiger charge is 2.02.